The second kappa shape index (κ2) is 6.75. The van der Waals surface area contributed by atoms with Crippen LogP contribution >= 0.6 is 0 Å². The highest BCUT2D eigenvalue weighted by Crippen LogP contribution is 2.07. The Morgan fingerprint density at radius 3 is 3.10 bits per heavy atom. The Bertz CT molecular complexity index is 563. The van der Waals surface area contributed by atoms with Crippen LogP contribution in [0, 0.1) is 0 Å². The molecule has 2 aromatic rings. The molecule has 0 aromatic carbocycles. The molecule has 0 radical (unpaired) electrons. The van der Waals surface area contributed by atoms with E-state index in [1.54, 1.807) is 35.8 Å². The Morgan fingerprint density at radius 1 is 1.50 bits per heavy atom. The van der Waals surface area contributed by atoms with Gasteiger partial charge in [0.25, 0.3) is 0 Å². The van der Waals surface area contributed by atoms with Gasteiger partial charge in [-0.05, 0) is 10.4 Å². The van der Waals surface area contributed by atoms with Crippen molar-refractivity contribution in [3.63, 3.8) is 0 Å². The van der Waals surface area contributed by atoms with Crippen molar-refractivity contribution in [1.29, 1.82) is 0 Å². The Hall–Kier alpha value is -2.29. The lowest BCUT2D eigenvalue weighted by Crippen LogP contribution is -2.13. The van der Waals surface area contributed by atoms with E-state index >= 15 is 0 Å². The van der Waals surface area contributed by atoms with Crippen molar-refractivity contribution in [1.82, 2.24) is 30.0 Å². The number of amides is 1. The molecule has 0 aliphatic heterocycles. The van der Waals surface area contributed by atoms with Gasteiger partial charge in [0, 0.05) is 19.7 Å². The van der Waals surface area contributed by atoms with Gasteiger partial charge < -0.3 is 10.1 Å². The molecule has 9 nitrogen and oxygen atoms in total. The van der Waals surface area contributed by atoms with Gasteiger partial charge in [0.05, 0.1) is 25.0 Å². The topological polar surface area (TPSA) is 99.8 Å². The summed E-state index contributed by atoms with van der Waals surface area (Å²) in [7, 11) is 1.63. The van der Waals surface area contributed by atoms with Crippen LogP contribution in [-0.2, 0) is 22.6 Å². The van der Waals surface area contributed by atoms with Crippen molar-refractivity contribution in [2.75, 3.05) is 19.0 Å². The molecule has 0 saturated carbocycles. The standard InChI is InChI=1S/C11H17N7O2/c1-3-11(19)13-9-6-12-17(7-9)8-10-14-15-16-18(10)4-5-20-2/h6-7H,3-5,8H2,1-2H3,(H,13,19). The first-order chi connectivity index (χ1) is 9.72. The lowest BCUT2D eigenvalue weighted by atomic mass is 10.4. The van der Waals surface area contributed by atoms with Crippen LogP contribution in [0.25, 0.3) is 0 Å². The van der Waals surface area contributed by atoms with Crippen LogP contribution in [0.1, 0.15) is 19.2 Å². The molecule has 1 N–H and O–H groups in total. The van der Waals surface area contributed by atoms with Gasteiger partial charge in [-0.2, -0.15) is 5.10 Å². The first-order valence-corrected chi connectivity index (χ1v) is 6.29. The fourth-order valence-corrected chi connectivity index (χ4v) is 1.60. The van der Waals surface area contributed by atoms with E-state index < -0.39 is 0 Å². The number of nitrogens with zero attached hydrogens (tertiary/aromatic N) is 6. The van der Waals surface area contributed by atoms with Crippen LogP contribution in [0.4, 0.5) is 5.69 Å². The summed E-state index contributed by atoms with van der Waals surface area (Å²) in [6.07, 6.45) is 3.76. The minimum atomic E-state index is -0.0468. The number of anilines is 1. The van der Waals surface area contributed by atoms with E-state index in [0.29, 0.717) is 37.6 Å². The van der Waals surface area contributed by atoms with Crippen molar-refractivity contribution in [2.45, 2.75) is 26.4 Å². The Balaban J connectivity index is 2.00. The maximum atomic E-state index is 11.3. The van der Waals surface area contributed by atoms with Gasteiger partial charge >= 0.3 is 0 Å². The van der Waals surface area contributed by atoms with E-state index in [1.165, 1.54) is 0 Å². The number of methoxy groups -OCH3 is 1. The van der Waals surface area contributed by atoms with E-state index in [9.17, 15) is 4.79 Å². The molecule has 9 heteroatoms. The van der Waals surface area contributed by atoms with E-state index in [0.717, 1.165) is 0 Å². The second-order valence-electron chi connectivity index (χ2n) is 4.14. The quantitative estimate of drug-likeness (QED) is 0.760. The van der Waals surface area contributed by atoms with E-state index in [1.807, 2.05) is 0 Å². The van der Waals surface area contributed by atoms with Crippen LogP contribution < -0.4 is 5.32 Å². The van der Waals surface area contributed by atoms with Crippen LogP contribution in [-0.4, -0.2) is 49.6 Å². The Kier molecular flexibility index (Phi) is 4.77. The molecule has 1 amide bonds. The fourth-order valence-electron chi connectivity index (χ4n) is 1.60. The van der Waals surface area contributed by atoms with Gasteiger partial charge in [-0.3, -0.25) is 9.48 Å². The maximum absolute atomic E-state index is 11.3. The van der Waals surface area contributed by atoms with Crippen molar-refractivity contribution in [2.24, 2.45) is 0 Å². The predicted molar refractivity (Wildman–Crippen MR) is 69.9 cm³/mol. The maximum Gasteiger partial charge on any atom is 0.224 e. The number of hydrogen-bond acceptors (Lipinski definition) is 6. The normalized spacial score (nSPS) is 10.7. The zero-order valence-corrected chi connectivity index (χ0v) is 11.5. The summed E-state index contributed by atoms with van der Waals surface area (Å²) in [5.74, 6) is 0.632. The summed E-state index contributed by atoms with van der Waals surface area (Å²) >= 11 is 0. The largest absolute Gasteiger partial charge is 0.383 e. The van der Waals surface area contributed by atoms with Gasteiger partial charge in [0.2, 0.25) is 5.91 Å². The van der Waals surface area contributed by atoms with Crippen LogP contribution in [0.15, 0.2) is 12.4 Å². The summed E-state index contributed by atoms with van der Waals surface area (Å²) < 4.78 is 8.32. The smallest absolute Gasteiger partial charge is 0.224 e. The van der Waals surface area contributed by atoms with Crippen molar-refractivity contribution >= 4 is 11.6 Å². The molecule has 20 heavy (non-hydrogen) atoms. The lowest BCUT2D eigenvalue weighted by Gasteiger charge is -2.03. The van der Waals surface area contributed by atoms with Crippen molar-refractivity contribution in [3.8, 4) is 0 Å². The predicted octanol–water partition coefficient (Wildman–Crippen LogP) is -0.0872. The molecule has 0 atom stereocenters. The number of nitrogens with one attached hydrogen (secondary N) is 1. The minimum absolute atomic E-state index is 0.0468. The second-order valence-corrected chi connectivity index (χ2v) is 4.14. The van der Waals surface area contributed by atoms with Gasteiger partial charge in [-0.1, -0.05) is 6.92 Å². The average Bonchev–Trinajstić information content (AvgIpc) is 3.06. The number of carbonyl (C=O) groups excluding carboxylic acids is 1. The summed E-state index contributed by atoms with van der Waals surface area (Å²) in [5, 5.41) is 18.4. The summed E-state index contributed by atoms with van der Waals surface area (Å²) in [5.41, 5.74) is 0.660. The molecule has 2 heterocycles. The molecule has 0 aliphatic carbocycles. The molecule has 108 valence electrons. The van der Waals surface area contributed by atoms with Crippen LogP contribution in [0.5, 0.6) is 0 Å². The molecule has 0 unspecified atom stereocenters. The van der Waals surface area contributed by atoms with Crippen molar-refractivity contribution in [3.05, 3.63) is 18.2 Å². The first kappa shape index (κ1) is 14.1. The number of carbonyl (C=O) groups is 1. The van der Waals surface area contributed by atoms with E-state index in [-0.39, 0.29) is 5.91 Å². The number of ether oxygens (including phenoxy) is 1. The van der Waals surface area contributed by atoms with Gasteiger partial charge in [-0.15, -0.1) is 5.10 Å². The molecule has 0 spiro atoms. The van der Waals surface area contributed by atoms with Crippen LogP contribution in [0.2, 0.25) is 0 Å². The highest BCUT2D eigenvalue weighted by atomic mass is 16.5. The molecular formula is C11H17N7O2. The summed E-state index contributed by atoms with van der Waals surface area (Å²) in [6, 6.07) is 0. The van der Waals surface area contributed by atoms with Crippen molar-refractivity contribution < 1.29 is 9.53 Å². The molecular weight excluding hydrogens is 262 g/mol. The Morgan fingerprint density at radius 2 is 2.35 bits per heavy atom. The van der Waals surface area contributed by atoms with Gasteiger partial charge in [-0.25, -0.2) is 4.68 Å². The highest BCUT2D eigenvalue weighted by Gasteiger charge is 2.08. The Labute approximate surface area is 115 Å². The third-order valence-electron chi connectivity index (χ3n) is 2.65. The molecule has 2 aromatic heterocycles. The molecule has 0 fully saturated rings. The molecule has 0 aliphatic rings. The number of hydrogen-bond donors (Lipinski definition) is 1. The highest BCUT2D eigenvalue weighted by molar-refractivity contribution is 5.90. The van der Waals surface area contributed by atoms with E-state index in [2.05, 4.69) is 25.9 Å². The number of aromatic nitrogens is 6. The SMILES string of the molecule is CCC(=O)Nc1cnn(Cc2nnnn2CCOC)c1. The molecule has 0 bridgehead atoms. The lowest BCUT2D eigenvalue weighted by molar-refractivity contribution is -0.115. The average molecular weight is 279 g/mol. The van der Waals surface area contributed by atoms with Gasteiger partial charge in [0.1, 0.15) is 6.54 Å². The third kappa shape index (κ3) is 3.60. The zero-order chi connectivity index (χ0) is 14.4. The summed E-state index contributed by atoms with van der Waals surface area (Å²) in [4.78, 5) is 11.3. The zero-order valence-electron chi connectivity index (χ0n) is 11.5. The number of rotatable bonds is 7. The van der Waals surface area contributed by atoms with Crippen LogP contribution in [0.3, 0.4) is 0 Å². The number of tetrazole rings is 1. The minimum Gasteiger partial charge on any atom is -0.383 e. The third-order valence-corrected chi connectivity index (χ3v) is 2.65. The summed E-state index contributed by atoms with van der Waals surface area (Å²) in [6.45, 7) is 3.34. The monoisotopic (exact) mass is 279 g/mol. The first-order valence-electron chi connectivity index (χ1n) is 6.29. The fraction of sp³-hybridized carbons (Fsp3) is 0.545. The molecule has 2 rings (SSSR count). The van der Waals surface area contributed by atoms with E-state index in [4.69, 9.17) is 4.74 Å². The molecule has 0 saturated heterocycles. The van der Waals surface area contributed by atoms with Gasteiger partial charge in [0.15, 0.2) is 5.82 Å².